The van der Waals surface area contributed by atoms with Gasteiger partial charge < -0.3 is 4.74 Å². The van der Waals surface area contributed by atoms with Gasteiger partial charge in [-0.25, -0.2) is 0 Å². The highest BCUT2D eigenvalue weighted by Crippen LogP contribution is 2.29. The van der Waals surface area contributed by atoms with E-state index in [1.54, 1.807) is 0 Å². The van der Waals surface area contributed by atoms with Gasteiger partial charge in [-0.15, -0.1) is 11.3 Å². The third-order valence-corrected chi connectivity index (χ3v) is 4.81. The van der Waals surface area contributed by atoms with E-state index < -0.39 is 0 Å². The highest BCUT2D eigenvalue weighted by atomic mass is 32.1. The Bertz CT molecular complexity index is 444. The summed E-state index contributed by atoms with van der Waals surface area (Å²) in [5.41, 5.74) is 0. The first kappa shape index (κ1) is 14.3. The summed E-state index contributed by atoms with van der Waals surface area (Å²) in [6.07, 6.45) is 7.13. The minimum atomic E-state index is -0.256. The topological polar surface area (TPSA) is 43.4 Å². The highest BCUT2D eigenvalue weighted by Gasteiger charge is 2.19. The molecule has 0 aliphatic heterocycles. The predicted molar refractivity (Wildman–Crippen MR) is 75.6 cm³/mol. The average molecular weight is 280 g/mol. The minimum Gasteiger partial charge on any atom is -0.469 e. The molecule has 1 heterocycles. The molecule has 0 aromatic carbocycles. The number of carbonyl (C=O) groups is 2. The number of ketones is 1. The van der Waals surface area contributed by atoms with E-state index in [2.05, 4.69) is 4.74 Å². The van der Waals surface area contributed by atoms with Crippen molar-refractivity contribution in [2.45, 2.75) is 44.9 Å². The molecule has 1 aromatic heterocycles. The predicted octanol–water partition coefficient (Wildman–Crippen LogP) is 3.62. The smallest absolute Gasteiger partial charge is 0.310 e. The first-order valence-electron chi connectivity index (χ1n) is 6.87. The maximum absolute atomic E-state index is 12.2. The van der Waals surface area contributed by atoms with Crippen molar-refractivity contribution in [2.24, 2.45) is 5.92 Å². The van der Waals surface area contributed by atoms with Crippen LogP contribution in [0.2, 0.25) is 0 Å². The quantitative estimate of drug-likeness (QED) is 0.611. The molecule has 0 spiro atoms. The van der Waals surface area contributed by atoms with Crippen LogP contribution in [-0.4, -0.2) is 18.9 Å². The Morgan fingerprint density at radius 3 is 2.68 bits per heavy atom. The van der Waals surface area contributed by atoms with Crippen LogP contribution in [0.4, 0.5) is 0 Å². The molecule has 4 heteroatoms. The third kappa shape index (κ3) is 4.16. The molecule has 104 valence electrons. The van der Waals surface area contributed by atoms with Gasteiger partial charge in [-0.2, -0.15) is 0 Å². The second kappa shape index (κ2) is 6.85. The average Bonchev–Trinajstić information content (AvgIpc) is 2.88. The van der Waals surface area contributed by atoms with Crippen LogP contribution in [0.25, 0.3) is 0 Å². The summed E-state index contributed by atoms with van der Waals surface area (Å²) >= 11 is 1.42. The summed E-state index contributed by atoms with van der Waals surface area (Å²) < 4.78 is 4.63. The molecule has 0 saturated heterocycles. The van der Waals surface area contributed by atoms with Crippen molar-refractivity contribution in [1.82, 2.24) is 0 Å². The normalized spacial score (nSPS) is 16.3. The van der Waals surface area contributed by atoms with E-state index in [-0.39, 0.29) is 18.2 Å². The zero-order chi connectivity index (χ0) is 13.7. The molecule has 1 aromatic rings. The Morgan fingerprint density at radius 2 is 2.00 bits per heavy atom. The summed E-state index contributed by atoms with van der Waals surface area (Å²) in [5.74, 6) is 0.536. The Kier molecular flexibility index (Phi) is 5.14. The Hall–Kier alpha value is -1.16. The van der Waals surface area contributed by atoms with Gasteiger partial charge in [-0.05, 0) is 18.1 Å². The Labute approximate surface area is 118 Å². The van der Waals surface area contributed by atoms with E-state index in [0.29, 0.717) is 12.3 Å². The molecule has 0 atom stereocenters. The van der Waals surface area contributed by atoms with Gasteiger partial charge in [0.15, 0.2) is 5.78 Å². The molecule has 0 unspecified atom stereocenters. The monoisotopic (exact) mass is 280 g/mol. The van der Waals surface area contributed by atoms with Crippen LogP contribution < -0.4 is 0 Å². The van der Waals surface area contributed by atoms with Crippen molar-refractivity contribution >= 4 is 23.1 Å². The van der Waals surface area contributed by atoms with E-state index >= 15 is 0 Å². The lowest BCUT2D eigenvalue weighted by Crippen LogP contribution is -2.11. The lowest BCUT2D eigenvalue weighted by Gasteiger charge is -2.20. The number of Topliss-reactive ketones (excluding diaryl/α,β-unsaturated/α-hetero) is 1. The van der Waals surface area contributed by atoms with Gasteiger partial charge >= 0.3 is 5.97 Å². The molecular formula is C15H20O3S. The molecule has 3 nitrogen and oxygen atoms in total. The van der Waals surface area contributed by atoms with Crippen LogP contribution in [0.5, 0.6) is 0 Å². The summed E-state index contributed by atoms with van der Waals surface area (Å²) in [7, 11) is 1.38. The zero-order valence-electron chi connectivity index (χ0n) is 11.3. The number of methoxy groups -OCH3 is 1. The Balaban J connectivity index is 1.90. The number of hydrogen-bond donors (Lipinski definition) is 0. The third-order valence-electron chi connectivity index (χ3n) is 3.68. The highest BCUT2D eigenvalue weighted by molar-refractivity contribution is 7.14. The fraction of sp³-hybridized carbons (Fsp3) is 0.600. The van der Waals surface area contributed by atoms with Gasteiger partial charge in [0.05, 0.1) is 18.4 Å². The van der Waals surface area contributed by atoms with Gasteiger partial charge in [0, 0.05) is 11.3 Å². The number of rotatable bonds is 5. The minimum absolute atomic E-state index is 0.230. The van der Waals surface area contributed by atoms with Gasteiger partial charge in [-0.1, -0.05) is 32.1 Å². The summed E-state index contributed by atoms with van der Waals surface area (Å²) in [4.78, 5) is 25.0. The molecule has 2 rings (SSSR count). The van der Waals surface area contributed by atoms with E-state index in [0.717, 1.165) is 9.75 Å². The first-order chi connectivity index (χ1) is 9.19. The van der Waals surface area contributed by atoms with E-state index in [1.165, 1.54) is 50.6 Å². The summed E-state index contributed by atoms with van der Waals surface area (Å²) in [6, 6.07) is 3.70. The van der Waals surface area contributed by atoms with Crippen LogP contribution in [0, 0.1) is 5.92 Å². The second-order valence-corrected chi connectivity index (χ2v) is 6.32. The van der Waals surface area contributed by atoms with E-state index in [4.69, 9.17) is 0 Å². The molecule has 1 saturated carbocycles. The largest absolute Gasteiger partial charge is 0.469 e. The van der Waals surface area contributed by atoms with Crippen molar-refractivity contribution in [2.75, 3.05) is 7.11 Å². The zero-order valence-corrected chi connectivity index (χ0v) is 12.1. The molecule has 1 fully saturated rings. The van der Waals surface area contributed by atoms with Crippen molar-refractivity contribution in [1.29, 1.82) is 0 Å². The fourth-order valence-electron chi connectivity index (χ4n) is 2.59. The number of carbonyl (C=O) groups excluding carboxylic acids is 2. The second-order valence-electron chi connectivity index (χ2n) is 5.15. The van der Waals surface area contributed by atoms with Gasteiger partial charge in [-0.3, -0.25) is 9.59 Å². The van der Waals surface area contributed by atoms with Crippen molar-refractivity contribution in [3.8, 4) is 0 Å². The van der Waals surface area contributed by atoms with Crippen molar-refractivity contribution < 1.29 is 14.3 Å². The van der Waals surface area contributed by atoms with Crippen LogP contribution in [-0.2, 0) is 16.0 Å². The van der Waals surface area contributed by atoms with Gasteiger partial charge in [0.25, 0.3) is 0 Å². The first-order valence-corrected chi connectivity index (χ1v) is 7.69. The fourth-order valence-corrected chi connectivity index (χ4v) is 3.53. The summed E-state index contributed by atoms with van der Waals surface area (Å²) in [6.45, 7) is 0. The summed E-state index contributed by atoms with van der Waals surface area (Å²) in [5, 5.41) is 0. The standard InChI is InChI=1S/C15H20O3S/c1-18-15(17)10-12-7-8-14(19-12)13(16)9-11-5-3-2-4-6-11/h7-8,11H,2-6,9-10H2,1H3. The molecule has 0 bridgehead atoms. The molecule has 19 heavy (non-hydrogen) atoms. The SMILES string of the molecule is COC(=O)Cc1ccc(C(=O)CC2CCCCC2)s1. The number of hydrogen-bond acceptors (Lipinski definition) is 4. The molecule has 0 amide bonds. The molecule has 1 aliphatic carbocycles. The lowest BCUT2D eigenvalue weighted by molar-refractivity contribution is -0.139. The Morgan fingerprint density at radius 1 is 1.26 bits per heavy atom. The molecule has 0 radical (unpaired) electrons. The number of ether oxygens (including phenoxy) is 1. The van der Waals surface area contributed by atoms with Crippen LogP contribution >= 0.6 is 11.3 Å². The van der Waals surface area contributed by atoms with Crippen molar-refractivity contribution in [3.63, 3.8) is 0 Å². The van der Waals surface area contributed by atoms with Crippen molar-refractivity contribution in [3.05, 3.63) is 21.9 Å². The molecular weight excluding hydrogens is 260 g/mol. The van der Waals surface area contributed by atoms with Crippen LogP contribution in [0.15, 0.2) is 12.1 Å². The lowest BCUT2D eigenvalue weighted by atomic mass is 9.85. The maximum Gasteiger partial charge on any atom is 0.310 e. The van der Waals surface area contributed by atoms with Crippen LogP contribution in [0.3, 0.4) is 0 Å². The van der Waals surface area contributed by atoms with Gasteiger partial charge in [0.1, 0.15) is 0 Å². The maximum atomic E-state index is 12.2. The van der Waals surface area contributed by atoms with Gasteiger partial charge in [0.2, 0.25) is 0 Å². The number of esters is 1. The van der Waals surface area contributed by atoms with E-state index in [9.17, 15) is 9.59 Å². The number of thiophene rings is 1. The van der Waals surface area contributed by atoms with E-state index in [1.807, 2.05) is 12.1 Å². The molecule has 0 N–H and O–H groups in total. The molecule has 1 aliphatic rings. The van der Waals surface area contributed by atoms with Crippen LogP contribution in [0.1, 0.15) is 53.1 Å².